The van der Waals surface area contributed by atoms with Crippen LogP contribution in [0.25, 0.3) is 0 Å². The van der Waals surface area contributed by atoms with Gasteiger partial charge >= 0.3 is 0 Å². The van der Waals surface area contributed by atoms with Crippen LogP contribution in [0, 0.1) is 0 Å². The van der Waals surface area contributed by atoms with Gasteiger partial charge in [0.05, 0.1) is 17.9 Å². The quantitative estimate of drug-likeness (QED) is 0.752. The number of hydrogen-bond acceptors (Lipinski definition) is 3. The number of nitrogens with zero attached hydrogens (tertiary/aromatic N) is 4. The van der Waals surface area contributed by atoms with Crippen molar-refractivity contribution in [1.82, 2.24) is 24.9 Å². The summed E-state index contributed by atoms with van der Waals surface area (Å²) in [5, 5.41) is 12.2. The Morgan fingerprint density at radius 3 is 2.75 bits per heavy atom. The lowest BCUT2D eigenvalue weighted by Crippen LogP contribution is -2.17. The number of aryl methyl sites for hydroxylation is 1. The van der Waals surface area contributed by atoms with Crippen LogP contribution in [-0.4, -0.2) is 26.1 Å². The summed E-state index contributed by atoms with van der Waals surface area (Å²) >= 11 is 0. The second kappa shape index (κ2) is 7.24. The van der Waals surface area contributed by atoms with Gasteiger partial charge in [-0.1, -0.05) is 13.8 Å². The average molecular weight is 275 g/mol. The van der Waals surface area contributed by atoms with Crippen molar-refractivity contribution in [2.24, 2.45) is 7.05 Å². The molecule has 5 heteroatoms. The Balaban J connectivity index is 1.74. The van der Waals surface area contributed by atoms with Gasteiger partial charge < -0.3 is 5.32 Å². The second-order valence-electron chi connectivity index (χ2n) is 5.21. The molecule has 0 aromatic carbocycles. The SMILES string of the molecule is CCC(CC)n1ccc(CNCCc2cnn(C)c2)n1. The van der Waals surface area contributed by atoms with E-state index in [1.807, 2.05) is 17.9 Å². The summed E-state index contributed by atoms with van der Waals surface area (Å²) in [6.45, 7) is 6.19. The van der Waals surface area contributed by atoms with Crippen LogP contribution in [0.15, 0.2) is 24.7 Å². The highest BCUT2D eigenvalue weighted by atomic mass is 15.3. The van der Waals surface area contributed by atoms with Crippen molar-refractivity contribution in [1.29, 1.82) is 0 Å². The third-order valence-electron chi connectivity index (χ3n) is 3.64. The van der Waals surface area contributed by atoms with Crippen molar-refractivity contribution < 1.29 is 0 Å². The summed E-state index contributed by atoms with van der Waals surface area (Å²) in [4.78, 5) is 0. The first-order chi connectivity index (χ1) is 9.72. The van der Waals surface area contributed by atoms with Gasteiger partial charge in [-0.3, -0.25) is 9.36 Å². The zero-order chi connectivity index (χ0) is 14.4. The Bertz CT molecular complexity index is 510. The molecule has 20 heavy (non-hydrogen) atoms. The minimum Gasteiger partial charge on any atom is -0.311 e. The van der Waals surface area contributed by atoms with Crippen molar-refractivity contribution in [2.45, 2.75) is 45.7 Å². The van der Waals surface area contributed by atoms with E-state index in [1.54, 1.807) is 0 Å². The van der Waals surface area contributed by atoms with Crippen molar-refractivity contribution in [2.75, 3.05) is 6.54 Å². The van der Waals surface area contributed by atoms with Crippen molar-refractivity contribution in [3.63, 3.8) is 0 Å². The lowest BCUT2D eigenvalue weighted by Gasteiger charge is -2.12. The lowest BCUT2D eigenvalue weighted by molar-refractivity contribution is 0.424. The van der Waals surface area contributed by atoms with E-state index < -0.39 is 0 Å². The molecular weight excluding hydrogens is 250 g/mol. The molecule has 0 atom stereocenters. The van der Waals surface area contributed by atoms with Crippen LogP contribution in [0.3, 0.4) is 0 Å². The molecule has 0 aliphatic carbocycles. The van der Waals surface area contributed by atoms with Crippen molar-refractivity contribution >= 4 is 0 Å². The highest BCUT2D eigenvalue weighted by Crippen LogP contribution is 2.14. The summed E-state index contributed by atoms with van der Waals surface area (Å²) in [5.41, 5.74) is 2.38. The van der Waals surface area contributed by atoms with Gasteiger partial charge in [-0.05, 0) is 37.4 Å². The highest BCUT2D eigenvalue weighted by Gasteiger charge is 2.07. The van der Waals surface area contributed by atoms with Crippen LogP contribution >= 0.6 is 0 Å². The number of aromatic nitrogens is 4. The molecule has 0 saturated heterocycles. The molecule has 2 aromatic heterocycles. The molecule has 0 radical (unpaired) electrons. The summed E-state index contributed by atoms with van der Waals surface area (Å²) in [7, 11) is 1.95. The molecule has 0 fully saturated rings. The van der Waals surface area contributed by atoms with Gasteiger partial charge in [-0.2, -0.15) is 10.2 Å². The molecule has 5 nitrogen and oxygen atoms in total. The third-order valence-corrected chi connectivity index (χ3v) is 3.64. The maximum absolute atomic E-state index is 4.64. The van der Waals surface area contributed by atoms with Gasteiger partial charge in [0.1, 0.15) is 0 Å². The van der Waals surface area contributed by atoms with Gasteiger partial charge in [0.15, 0.2) is 0 Å². The molecule has 2 rings (SSSR count). The summed E-state index contributed by atoms with van der Waals surface area (Å²) in [5.74, 6) is 0. The topological polar surface area (TPSA) is 47.7 Å². The molecule has 0 spiro atoms. The Hall–Kier alpha value is -1.62. The van der Waals surface area contributed by atoms with E-state index in [0.29, 0.717) is 6.04 Å². The molecule has 0 aliphatic rings. The molecule has 110 valence electrons. The van der Waals surface area contributed by atoms with E-state index in [4.69, 9.17) is 0 Å². The van der Waals surface area contributed by atoms with Crippen LogP contribution in [0.4, 0.5) is 0 Å². The maximum atomic E-state index is 4.64. The van der Waals surface area contributed by atoms with Crippen LogP contribution in [0.1, 0.15) is 44.0 Å². The van der Waals surface area contributed by atoms with Gasteiger partial charge in [0, 0.05) is 26.0 Å². The lowest BCUT2D eigenvalue weighted by atomic mass is 10.2. The maximum Gasteiger partial charge on any atom is 0.0762 e. The Kier molecular flexibility index (Phi) is 5.35. The molecule has 2 aromatic rings. The zero-order valence-electron chi connectivity index (χ0n) is 12.7. The molecule has 0 bridgehead atoms. The zero-order valence-corrected chi connectivity index (χ0v) is 12.7. The van der Waals surface area contributed by atoms with Crippen LogP contribution in [-0.2, 0) is 20.0 Å². The Labute approximate surface area is 121 Å². The molecule has 0 aliphatic heterocycles. The van der Waals surface area contributed by atoms with E-state index in [1.165, 1.54) is 5.56 Å². The number of rotatable bonds is 8. The van der Waals surface area contributed by atoms with Gasteiger partial charge in [-0.15, -0.1) is 0 Å². The smallest absolute Gasteiger partial charge is 0.0762 e. The predicted molar refractivity (Wildman–Crippen MR) is 80.5 cm³/mol. The Morgan fingerprint density at radius 1 is 1.30 bits per heavy atom. The van der Waals surface area contributed by atoms with E-state index >= 15 is 0 Å². The van der Waals surface area contributed by atoms with E-state index in [0.717, 1.165) is 38.0 Å². The molecule has 1 N–H and O–H groups in total. The largest absolute Gasteiger partial charge is 0.311 e. The summed E-state index contributed by atoms with van der Waals surface area (Å²) in [6.07, 6.45) is 9.34. The molecule has 0 saturated carbocycles. The van der Waals surface area contributed by atoms with Crippen LogP contribution in [0.2, 0.25) is 0 Å². The first-order valence-corrected chi connectivity index (χ1v) is 7.45. The van der Waals surface area contributed by atoms with Crippen LogP contribution < -0.4 is 5.32 Å². The molecular formula is C15H25N5. The van der Waals surface area contributed by atoms with Gasteiger partial charge in [0.25, 0.3) is 0 Å². The summed E-state index contributed by atoms with van der Waals surface area (Å²) in [6, 6.07) is 2.63. The number of hydrogen-bond donors (Lipinski definition) is 1. The predicted octanol–water partition coefficient (Wildman–Crippen LogP) is 2.31. The summed E-state index contributed by atoms with van der Waals surface area (Å²) < 4.78 is 3.94. The van der Waals surface area contributed by atoms with Gasteiger partial charge in [-0.25, -0.2) is 0 Å². The number of nitrogens with one attached hydrogen (secondary N) is 1. The normalized spacial score (nSPS) is 11.4. The monoisotopic (exact) mass is 275 g/mol. The van der Waals surface area contributed by atoms with Crippen LogP contribution in [0.5, 0.6) is 0 Å². The standard InChI is InChI=1S/C15H25N5/c1-4-15(5-2)20-9-7-14(18-20)11-16-8-6-13-10-17-19(3)12-13/h7,9-10,12,15-16H,4-6,8,11H2,1-3H3. The minimum absolute atomic E-state index is 0.527. The fraction of sp³-hybridized carbons (Fsp3) is 0.600. The van der Waals surface area contributed by atoms with Gasteiger partial charge in [0.2, 0.25) is 0 Å². The minimum atomic E-state index is 0.527. The first-order valence-electron chi connectivity index (χ1n) is 7.45. The first kappa shape index (κ1) is 14.8. The third kappa shape index (κ3) is 3.93. The van der Waals surface area contributed by atoms with E-state index in [9.17, 15) is 0 Å². The fourth-order valence-electron chi connectivity index (χ4n) is 2.39. The average Bonchev–Trinajstić information content (AvgIpc) is 3.06. The van der Waals surface area contributed by atoms with Crippen molar-refractivity contribution in [3.8, 4) is 0 Å². The molecule has 0 amide bonds. The fourth-order valence-corrected chi connectivity index (χ4v) is 2.39. The van der Waals surface area contributed by atoms with Crippen molar-refractivity contribution in [3.05, 3.63) is 35.9 Å². The Morgan fingerprint density at radius 2 is 2.10 bits per heavy atom. The van der Waals surface area contributed by atoms with E-state index in [-0.39, 0.29) is 0 Å². The molecule has 2 heterocycles. The second-order valence-corrected chi connectivity index (χ2v) is 5.21. The highest BCUT2D eigenvalue weighted by molar-refractivity contribution is 5.04. The van der Waals surface area contributed by atoms with E-state index in [2.05, 4.69) is 52.5 Å². The molecule has 0 unspecified atom stereocenters.